The van der Waals surface area contributed by atoms with Crippen LogP contribution in [0.25, 0.3) is 0 Å². The molecule has 4 heteroatoms. The van der Waals surface area contributed by atoms with E-state index in [-0.39, 0.29) is 11.8 Å². The molecule has 0 unspecified atom stereocenters. The molecule has 2 aromatic rings. The number of benzene rings is 2. The van der Waals surface area contributed by atoms with Crippen molar-refractivity contribution >= 4 is 11.8 Å². The maximum absolute atomic E-state index is 12.4. The summed E-state index contributed by atoms with van der Waals surface area (Å²) in [5, 5.41) is 5.76. The van der Waals surface area contributed by atoms with E-state index in [1.54, 1.807) is 0 Å². The Labute approximate surface area is 135 Å². The summed E-state index contributed by atoms with van der Waals surface area (Å²) in [5.41, 5.74) is 1.19. The Hall–Kier alpha value is -2.62. The molecule has 0 atom stereocenters. The first kappa shape index (κ1) is 15.3. The van der Waals surface area contributed by atoms with Gasteiger partial charge in [0.2, 0.25) is 11.8 Å². The molecular formula is C19H20N2O2. The van der Waals surface area contributed by atoms with Crippen LogP contribution >= 0.6 is 0 Å². The van der Waals surface area contributed by atoms with Crippen molar-refractivity contribution in [3.05, 3.63) is 71.8 Å². The van der Waals surface area contributed by atoms with Crippen LogP contribution in [0.3, 0.4) is 0 Å². The third-order valence-electron chi connectivity index (χ3n) is 4.21. The van der Waals surface area contributed by atoms with Gasteiger partial charge in [0, 0.05) is 13.1 Å². The molecule has 0 spiro atoms. The summed E-state index contributed by atoms with van der Waals surface area (Å²) in [7, 11) is 0. The van der Waals surface area contributed by atoms with Crippen LogP contribution in [0.5, 0.6) is 0 Å². The molecular weight excluding hydrogens is 288 g/mol. The van der Waals surface area contributed by atoms with Crippen molar-refractivity contribution < 1.29 is 9.59 Å². The van der Waals surface area contributed by atoms with Gasteiger partial charge < -0.3 is 10.6 Å². The molecule has 23 heavy (non-hydrogen) atoms. The van der Waals surface area contributed by atoms with Crippen LogP contribution in [0.15, 0.2) is 60.7 Å². The lowest BCUT2D eigenvalue weighted by Crippen LogP contribution is -2.42. The topological polar surface area (TPSA) is 58.2 Å². The highest BCUT2D eigenvalue weighted by atomic mass is 16.2. The normalized spacial score (nSPS) is 14.8. The van der Waals surface area contributed by atoms with Gasteiger partial charge in [-0.3, -0.25) is 9.59 Å². The Balaban J connectivity index is 1.53. The van der Waals surface area contributed by atoms with Gasteiger partial charge in [-0.25, -0.2) is 0 Å². The van der Waals surface area contributed by atoms with Crippen LogP contribution in [-0.2, 0) is 22.7 Å². The molecule has 118 valence electrons. The van der Waals surface area contributed by atoms with Crippen LogP contribution in [0, 0.1) is 5.41 Å². The van der Waals surface area contributed by atoms with Gasteiger partial charge in [-0.2, -0.15) is 0 Å². The van der Waals surface area contributed by atoms with Gasteiger partial charge in [-0.15, -0.1) is 0 Å². The number of carbonyl (C=O) groups is 2. The summed E-state index contributed by atoms with van der Waals surface area (Å²) in [4.78, 5) is 24.8. The van der Waals surface area contributed by atoms with Gasteiger partial charge in [-0.05, 0) is 24.0 Å². The minimum atomic E-state index is -0.871. The van der Waals surface area contributed by atoms with Crippen molar-refractivity contribution in [1.82, 2.24) is 10.6 Å². The zero-order chi connectivity index (χ0) is 16.1. The number of nitrogens with one attached hydrogen (secondary N) is 2. The zero-order valence-electron chi connectivity index (χ0n) is 12.9. The first-order valence-corrected chi connectivity index (χ1v) is 7.85. The van der Waals surface area contributed by atoms with Crippen molar-refractivity contribution in [3.8, 4) is 0 Å². The predicted octanol–water partition coefficient (Wildman–Crippen LogP) is 2.40. The summed E-state index contributed by atoms with van der Waals surface area (Å²) in [6.07, 6.45) is 1.24. The smallest absolute Gasteiger partial charge is 0.235 e. The fourth-order valence-corrected chi connectivity index (χ4v) is 2.58. The molecule has 2 amide bonds. The largest absolute Gasteiger partial charge is 0.351 e. The van der Waals surface area contributed by atoms with Gasteiger partial charge in [-0.1, -0.05) is 60.7 Å². The zero-order valence-corrected chi connectivity index (χ0v) is 12.9. The second-order valence-corrected chi connectivity index (χ2v) is 5.92. The lowest BCUT2D eigenvalue weighted by atomic mass is 10.0. The average Bonchev–Trinajstić information content (AvgIpc) is 3.41. The molecule has 0 aromatic heterocycles. The third-order valence-corrected chi connectivity index (χ3v) is 4.21. The highest BCUT2D eigenvalue weighted by Gasteiger charge is 2.56. The van der Waals surface area contributed by atoms with Gasteiger partial charge in [0.05, 0.1) is 0 Å². The van der Waals surface area contributed by atoms with E-state index in [0.717, 1.165) is 11.1 Å². The van der Waals surface area contributed by atoms with E-state index in [9.17, 15) is 9.59 Å². The first-order chi connectivity index (χ1) is 11.2. The summed E-state index contributed by atoms with van der Waals surface area (Å²) >= 11 is 0. The molecule has 4 nitrogen and oxygen atoms in total. The number of rotatable bonds is 6. The highest BCUT2D eigenvalue weighted by Crippen LogP contribution is 2.46. The predicted molar refractivity (Wildman–Crippen MR) is 88.2 cm³/mol. The fraction of sp³-hybridized carbons (Fsp3) is 0.263. The summed E-state index contributed by atoms with van der Waals surface area (Å²) in [6.45, 7) is 0.904. The van der Waals surface area contributed by atoms with E-state index in [1.165, 1.54) is 0 Å². The molecule has 0 heterocycles. The molecule has 0 aliphatic heterocycles. The van der Waals surface area contributed by atoms with Crippen molar-refractivity contribution in [1.29, 1.82) is 0 Å². The van der Waals surface area contributed by atoms with Gasteiger partial charge in [0.15, 0.2) is 0 Å². The third kappa shape index (κ3) is 3.59. The van der Waals surface area contributed by atoms with E-state index in [2.05, 4.69) is 10.6 Å². The minimum Gasteiger partial charge on any atom is -0.351 e. The maximum Gasteiger partial charge on any atom is 0.235 e. The quantitative estimate of drug-likeness (QED) is 0.805. The Morgan fingerprint density at radius 3 is 1.48 bits per heavy atom. The molecule has 2 N–H and O–H groups in total. The van der Waals surface area contributed by atoms with E-state index < -0.39 is 5.41 Å². The van der Waals surface area contributed by atoms with Gasteiger partial charge in [0.25, 0.3) is 0 Å². The van der Waals surface area contributed by atoms with E-state index in [1.807, 2.05) is 60.7 Å². The molecule has 0 saturated heterocycles. The lowest BCUT2D eigenvalue weighted by Gasteiger charge is -2.15. The molecule has 1 aliphatic rings. The number of amides is 2. The monoisotopic (exact) mass is 308 g/mol. The number of carbonyl (C=O) groups excluding carboxylic acids is 2. The summed E-state index contributed by atoms with van der Waals surface area (Å²) in [5.74, 6) is -0.348. The molecule has 1 fully saturated rings. The molecule has 2 aromatic carbocycles. The standard InChI is InChI=1S/C19H20N2O2/c22-17(20-13-15-7-3-1-4-8-15)19(11-12-19)18(23)21-14-16-9-5-2-6-10-16/h1-10H,11-14H2,(H,20,22)(H,21,23). The number of hydrogen-bond donors (Lipinski definition) is 2. The summed E-state index contributed by atoms with van der Waals surface area (Å²) in [6, 6.07) is 19.4. The van der Waals surface area contributed by atoms with Gasteiger partial charge >= 0.3 is 0 Å². The fourth-order valence-electron chi connectivity index (χ4n) is 2.58. The van der Waals surface area contributed by atoms with Crippen LogP contribution in [0.4, 0.5) is 0 Å². The van der Waals surface area contributed by atoms with E-state index >= 15 is 0 Å². The molecule has 0 radical (unpaired) electrons. The molecule has 0 bridgehead atoms. The Morgan fingerprint density at radius 2 is 1.13 bits per heavy atom. The Morgan fingerprint density at radius 1 is 0.739 bits per heavy atom. The van der Waals surface area contributed by atoms with Crippen molar-refractivity contribution in [2.75, 3.05) is 0 Å². The first-order valence-electron chi connectivity index (χ1n) is 7.85. The van der Waals surface area contributed by atoms with Crippen molar-refractivity contribution in [2.45, 2.75) is 25.9 Å². The SMILES string of the molecule is O=C(NCc1ccccc1)C1(C(=O)NCc2ccccc2)CC1. The van der Waals surface area contributed by atoms with Crippen molar-refractivity contribution in [2.24, 2.45) is 5.41 Å². The Bertz CT molecular complexity index is 622. The number of hydrogen-bond acceptors (Lipinski definition) is 2. The average molecular weight is 308 g/mol. The van der Waals surface area contributed by atoms with E-state index in [4.69, 9.17) is 0 Å². The molecule has 1 saturated carbocycles. The van der Waals surface area contributed by atoms with Crippen molar-refractivity contribution in [3.63, 3.8) is 0 Å². The van der Waals surface area contributed by atoms with Gasteiger partial charge in [0.1, 0.15) is 5.41 Å². The van der Waals surface area contributed by atoms with Crippen LogP contribution in [0.2, 0.25) is 0 Å². The minimum absolute atomic E-state index is 0.174. The van der Waals surface area contributed by atoms with Crippen LogP contribution in [0.1, 0.15) is 24.0 Å². The molecule has 3 rings (SSSR count). The van der Waals surface area contributed by atoms with Crippen LogP contribution in [-0.4, -0.2) is 11.8 Å². The van der Waals surface area contributed by atoms with E-state index in [0.29, 0.717) is 25.9 Å². The lowest BCUT2D eigenvalue weighted by molar-refractivity contribution is -0.137. The Kier molecular flexibility index (Phi) is 4.42. The second kappa shape index (κ2) is 6.65. The molecule has 1 aliphatic carbocycles. The van der Waals surface area contributed by atoms with Crippen LogP contribution < -0.4 is 10.6 Å². The summed E-state index contributed by atoms with van der Waals surface area (Å²) < 4.78 is 0. The highest BCUT2D eigenvalue weighted by molar-refractivity contribution is 6.07. The second-order valence-electron chi connectivity index (χ2n) is 5.92. The maximum atomic E-state index is 12.4.